The molecule has 6 nitrogen and oxygen atoms in total. The number of alkyl halides is 3. The lowest BCUT2D eigenvalue weighted by Crippen LogP contribution is -2.50. The van der Waals surface area contributed by atoms with Crippen molar-refractivity contribution in [3.63, 3.8) is 0 Å². The number of amides is 2. The molecule has 2 amide bonds. The molecule has 0 aliphatic carbocycles. The second-order valence-electron chi connectivity index (χ2n) is 8.39. The summed E-state index contributed by atoms with van der Waals surface area (Å²) in [6, 6.07) is 11.9. The van der Waals surface area contributed by atoms with E-state index in [1.54, 1.807) is 23.1 Å². The third-order valence-electron chi connectivity index (χ3n) is 5.20. The van der Waals surface area contributed by atoms with Crippen LogP contribution in [0.3, 0.4) is 0 Å². The average molecular weight is 464 g/mol. The molecule has 2 aromatic rings. The van der Waals surface area contributed by atoms with E-state index in [1.165, 1.54) is 18.2 Å². The number of ether oxygens (including phenoxy) is 1. The Kier molecular flexibility index (Phi) is 7.97. The summed E-state index contributed by atoms with van der Waals surface area (Å²) < 4.78 is 45.0. The van der Waals surface area contributed by atoms with E-state index >= 15 is 0 Å². The number of hydrogen-bond donors (Lipinski definition) is 1. The Labute approximate surface area is 191 Å². The van der Waals surface area contributed by atoms with Crippen LogP contribution in [-0.2, 0) is 11.0 Å². The molecule has 1 saturated heterocycles. The van der Waals surface area contributed by atoms with Gasteiger partial charge in [0.25, 0.3) is 5.91 Å². The Hall–Kier alpha value is -3.07. The van der Waals surface area contributed by atoms with Gasteiger partial charge in [-0.15, -0.1) is 0 Å². The predicted molar refractivity (Wildman–Crippen MR) is 119 cm³/mol. The van der Waals surface area contributed by atoms with Crippen LogP contribution in [0.5, 0.6) is 5.75 Å². The normalized spacial score (nSPS) is 14.9. The lowest BCUT2D eigenvalue weighted by atomic mass is 10.1. The second kappa shape index (κ2) is 10.7. The number of carbonyl (C=O) groups excluding carboxylic acids is 2. The number of halogens is 3. The van der Waals surface area contributed by atoms with E-state index in [9.17, 15) is 22.8 Å². The lowest BCUT2D eigenvalue weighted by Gasteiger charge is -2.34. The van der Waals surface area contributed by atoms with Gasteiger partial charge in [-0.05, 0) is 36.2 Å². The maximum absolute atomic E-state index is 13.1. The van der Waals surface area contributed by atoms with E-state index in [2.05, 4.69) is 5.32 Å². The van der Waals surface area contributed by atoms with Crippen molar-refractivity contribution in [3.05, 3.63) is 59.7 Å². The molecule has 0 atom stereocenters. The molecule has 9 heteroatoms. The zero-order valence-corrected chi connectivity index (χ0v) is 18.7. The van der Waals surface area contributed by atoms with Gasteiger partial charge in [0.2, 0.25) is 5.91 Å². The molecule has 178 valence electrons. The lowest BCUT2D eigenvalue weighted by molar-refractivity contribution is -0.137. The highest BCUT2D eigenvalue weighted by Crippen LogP contribution is 2.34. The van der Waals surface area contributed by atoms with Gasteiger partial charge in [-0.3, -0.25) is 14.5 Å². The van der Waals surface area contributed by atoms with E-state index in [0.29, 0.717) is 50.0 Å². The van der Waals surface area contributed by atoms with Gasteiger partial charge in [0.15, 0.2) is 0 Å². The van der Waals surface area contributed by atoms with Crippen molar-refractivity contribution in [1.82, 2.24) is 9.80 Å². The van der Waals surface area contributed by atoms with Gasteiger partial charge in [-0.1, -0.05) is 32.0 Å². The summed E-state index contributed by atoms with van der Waals surface area (Å²) in [5.41, 5.74) is -0.608. The molecular weight excluding hydrogens is 435 g/mol. The van der Waals surface area contributed by atoms with E-state index in [-0.39, 0.29) is 18.1 Å². The van der Waals surface area contributed by atoms with Crippen LogP contribution in [0.2, 0.25) is 0 Å². The fourth-order valence-electron chi connectivity index (χ4n) is 3.51. The van der Waals surface area contributed by atoms with Crippen LogP contribution < -0.4 is 10.1 Å². The number of rotatable bonds is 7. The summed E-state index contributed by atoms with van der Waals surface area (Å²) in [6.45, 7) is 6.34. The highest BCUT2D eigenvalue weighted by molar-refractivity contribution is 5.95. The molecular formula is C24H28F3N3O3. The predicted octanol–water partition coefficient (Wildman–Crippen LogP) is 4.14. The summed E-state index contributed by atoms with van der Waals surface area (Å²) in [5, 5.41) is 2.36. The topological polar surface area (TPSA) is 61.9 Å². The van der Waals surface area contributed by atoms with Crippen molar-refractivity contribution < 1.29 is 27.5 Å². The molecule has 0 unspecified atom stereocenters. The minimum absolute atomic E-state index is 0.0489. The van der Waals surface area contributed by atoms with Crippen molar-refractivity contribution in [1.29, 1.82) is 0 Å². The Morgan fingerprint density at radius 1 is 1.03 bits per heavy atom. The summed E-state index contributed by atoms with van der Waals surface area (Å²) in [5.74, 6) is 0.371. The van der Waals surface area contributed by atoms with Crippen LogP contribution in [-0.4, -0.2) is 60.9 Å². The van der Waals surface area contributed by atoms with Crippen LogP contribution in [0.15, 0.2) is 48.5 Å². The van der Waals surface area contributed by atoms with Crippen molar-refractivity contribution in [2.75, 3.05) is 44.6 Å². The van der Waals surface area contributed by atoms with Crippen molar-refractivity contribution in [2.45, 2.75) is 20.0 Å². The Bertz CT molecular complexity index is 971. The summed E-state index contributed by atoms with van der Waals surface area (Å²) in [6.07, 6.45) is -4.55. The highest BCUT2D eigenvalue weighted by Gasteiger charge is 2.33. The highest BCUT2D eigenvalue weighted by atomic mass is 19.4. The molecule has 33 heavy (non-hydrogen) atoms. The van der Waals surface area contributed by atoms with Gasteiger partial charge in [-0.2, -0.15) is 13.2 Å². The quantitative estimate of drug-likeness (QED) is 0.671. The molecule has 0 saturated carbocycles. The smallest absolute Gasteiger partial charge is 0.418 e. The molecule has 1 aliphatic rings. The van der Waals surface area contributed by atoms with E-state index in [4.69, 9.17) is 4.74 Å². The Morgan fingerprint density at radius 2 is 1.73 bits per heavy atom. The Balaban J connectivity index is 1.52. The van der Waals surface area contributed by atoms with Crippen LogP contribution in [0.4, 0.5) is 18.9 Å². The second-order valence-corrected chi connectivity index (χ2v) is 8.39. The molecule has 3 rings (SSSR count). The summed E-state index contributed by atoms with van der Waals surface area (Å²) in [4.78, 5) is 28.7. The first-order chi connectivity index (χ1) is 15.6. The van der Waals surface area contributed by atoms with Gasteiger partial charge >= 0.3 is 6.18 Å². The molecule has 1 fully saturated rings. The first kappa shape index (κ1) is 24.6. The van der Waals surface area contributed by atoms with Crippen molar-refractivity contribution in [3.8, 4) is 5.75 Å². The number of anilines is 1. The third kappa shape index (κ3) is 6.95. The first-order valence-corrected chi connectivity index (χ1v) is 10.8. The van der Waals surface area contributed by atoms with Crippen molar-refractivity contribution in [2.24, 2.45) is 5.92 Å². The molecule has 0 bridgehead atoms. The van der Waals surface area contributed by atoms with E-state index in [0.717, 1.165) is 6.07 Å². The molecule has 0 aromatic heterocycles. The minimum Gasteiger partial charge on any atom is -0.493 e. The maximum atomic E-state index is 13.1. The minimum atomic E-state index is -4.55. The van der Waals surface area contributed by atoms with Crippen LogP contribution >= 0.6 is 0 Å². The number of nitrogens with one attached hydrogen (secondary N) is 1. The van der Waals surface area contributed by atoms with Gasteiger partial charge in [0.1, 0.15) is 5.75 Å². The van der Waals surface area contributed by atoms with Crippen LogP contribution in [0.1, 0.15) is 29.8 Å². The molecule has 1 aliphatic heterocycles. The summed E-state index contributed by atoms with van der Waals surface area (Å²) in [7, 11) is 0. The van der Waals surface area contributed by atoms with Gasteiger partial charge in [-0.25, -0.2) is 0 Å². The maximum Gasteiger partial charge on any atom is 0.418 e. The van der Waals surface area contributed by atoms with Gasteiger partial charge in [0.05, 0.1) is 24.4 Å². The third-order valence-corrected chi connectivity index (χ3v) is 5.20. The van der Waals surface area contributed by atoms with E-state index in [1.807, 2.05) is 24.8 Å². The standard InChI is InChI=1S/C24H28F3N3O3/c1-17(2)16-33-19-7-5-6-18(14-19)23(32)30-12-10-29(11-13-30)15-22(31)28-21-9-4-3-8-20(21)24(25,26)27/h3-9,14,17H,10-13,15-16H2,1-2H3,(H,28,31). The number of nitrogens with zero attached hydrogens (tertiary/aromatic N) is 2. The molecule has 0 radical (unpaired) electrons. The number of carbonyl (C=O) groups is 2. The van der Waals surface area contributed by atoms with Gasteiger partial charge < -0.3 is 15.0 Å². The largest absolute Gasteiger partial charge is 0.493 e. The number of para-hydroxylation sites is 1. The molecule has 2 aromatic carbocycles. The number of benzene rings is 2. The zero-order chi connectivity index (χ0) is 24.0. The molecule has 1 heterocycles. The van der Waals surface area contributed by atoms with Crippen molar-refractivity contribution >= 4 is 17.5 Å². The molecule has 1 N–H and O–H groups in total. The fourth-order valence-corrected chi connectivity index (χ4v) is 3.51. The molecule has 0 spiro atoms. The van der Waals surface area contributed by atoms with Crippen LogP contribution in [0.25, 0.3) is 0 Å². The average Bonchev–Trinajstić information content (AvgIpc) is 2.77. The monoisotopic (exact) mass is 463 g/mol. The first-order valence-electron chi connectivity index (χ1n) is 10.8. The zero-order valence-electron chi connectivity index (χ0n) is 18.7. The Morgan fingerprint density at radius 3 is 2.39 bits per heavy atom. The van der Waals surface area contributed by atoms with Crippen LogP contribution in [0, 0.1) is 5.92 Å². The summed E-state index contributed by atoms with van der Waals surface area (Å²) >= 11 is 0. The number of hydrogen-bond acceptors (Lipinski definition) is 4. The fraction of sp³-hybridized carbons (Fsp3) is 0.417. The van der Waals surface area contributed by atoms with E-state index < -0.39 is 17.6 Å². The SMILES string of the molecule is CC(C)COc1cccc(C(=O)N2CCN(CC(=O)Nc3ccccc3C(F)(F)F)CC2)c1. The number of piperazine rings is 1. The van der Waals surface area contributed by atoms with Gasteiger partial charge in [0, 0.05) is 31.7 Å².